The predicted molar refractivity (Wildman–Crippen MR) is 88.3 cm³/mol. The van der Waals surface area contributed by atoms with Gasteiger partial charge in [-0.2, -0.15) is 0 Å². The molecule has 0 unspecified atom stereocenters. The Morgan fingerprint density at radius 2 is 2.04 bits per heavy atom. The third-order valence-electron chi connectivity index (χ3n) is 3.73. The first-order valence-corrected chi connectivity index (χ1v) is 7.81. The molecule has 122 valence electrons. The van der Waals surface area contributed by atoms with E-state index in [0.717, 1.165) is 38.3 Å². The lowest BCUT2D eigenvalue weighted by Crippen LogP contribution is -2.46. The van der Waals surface area contributed by atoms with Crippen LogP contribution in [0.2, 0.25) is 0 Å². The number of amides is 2. The average molecular weight is 315 g/mol. The Bertz CT molecular complexity index is 622. The van der Waals surface area contributed by atoms with Crippen LogP contribution in [0.25, 0.3) is 11.3 Å². The van der Waals surface area contributed by atoms with Gasteiger partial charge in [0.15, 0.2) is 11.6 Å². The third-order valence-corrected chi connectivity index (χ3v) is 3.73. The molecule has 23 heavy (non-hydrogen) atoms. The van der Waals surface area contributed by atoms with Crippen LogP contribution in [0.4, 0.5) is 10.6 Å². The molecule has 0 bridgehead atoms. The second-order valence-electron chi connectivity index (χ2n) is 5.41. The number of nitrogens with one attached hydrogen (secondary N) is 3. The van der Waals surface area contributed by atoms with Crippen molar-refractivity contribution in [2.24, 2.45) is 0 Å². The fraction of sp³-hybridized carbons (Fsp3) is 0.375. The van der Waals surface area contributed by atoms with Gasteiger partial charge in [-0.15, -0.1) is 0 Å². The molecule has 0 spiro atoms. The Morgan fingerprint density at radius 3 is 2.83 bits per heavy atom. The predicted octanol–water partition coefficient (Wildman–Crippen LogP) is 1.37. The number of anilines is 1. The number of piperazine rings is 1. The van der Waals surface area contributed by atoms with E-state index in [2.05, 4.69) is 26.0 Å². The Hall–Kier alpha value is -2.38. The Balaban J connectivity index is 1.44. The molecule has 0 radical (unpaired) electrons. The summed E-state index contributed by atoms with van der Waals surface area (Å²) in [6.07, 6.45) is 0. The van der Waals surface area contributed by atoms with E-state index in [0.29, 0.717) is 18.1 Å². The molecule has 2 heterocycles. The van der Waals surface area contributed by atoms with E-state index in [9.17, 15) is 4.79 Å². The van der Waals surface area contributed by atoms with Crippen LogP contribution in [0.15, 0.2) is 40.9 Å². The summed E-state index contributed by atoms with van der Waals surface area (Å²) in [5.74, 6) is 1.03. The maximum Gasteiger partial charge on any atom is 0.320 e. The SMILES string of the molecule is O=C(NCCN1CCNCC1)Nc1cc(-c2ccccc2)on1. The molecule has 3 rings (SSSR count). The molecule has 3 N–H and O–H groups in total. The molecule has 0 saturated carbocycles. The minimum Gasteiger partial charge on any atom is -0.354 e. The Morgan fingerprint density at radius 1 is 1.26 bits per heavy atom. The molecule has 0 atom stereocenters. The lowest BCUT2D eigenvalue weighted by molar-refractivity contribution is 0.233. The molecule has 0 aliphatic carbocycles. The lowest BCUT2D eigenvalue weighted by atomic mass is 10.2. The summed E-state index contributed by atoms with van der Waals surface area (Å²) < 4.78 is 5.24. The van der Waals surface area contributed by atoms with Gasteiger partial charge in [0.1, 0.15) is 0 Å². The molecular formula is C16H21N5O2. The van der Waals surface area contributed by atoms with Crippen molar-refractivity contribution in [3.63, 3.8) is 0 Å². The van der Waals surface area contributed by atoms with E-state index in [4.69, 9.17) is 4.52 Å². The minimum absolute atomic E-state index is 0.270. The Kier molecular flexibility index (Phi) is 5.23. The number of nitrogens with zero attached hydrogens (tertiary/aromatic N) is 2. The molecule has 1 aliphatic heterocycles. The van der Waals surface area contributed by atoms with Gasteiger partial charge in [-0.25, -0.2) is 4.79 Å². The topological polar surface area (TPSA) is 82.4 Å². The summed E-state index contributed by atoms with van der Waals surface area (Å²) in [4.78, 5) is 14.2. The zero-order valence-electron chi connectivity index (χ0n) is 12.9. The molecule has 7 nitrogen and oxygen atoms in total. The zero-order valence-corrected chi connectivity index (χ0v) is 12.9. The smallest absolute Gasteiger partial charge is 0.320 e. The van der Waals surface area contributed by atoms with Gasteiger partial charge in [-0.3, -0.25) is 10.2 Å². The summed E-state index contributed by atoms with van der Waals surface area (Å²) in [5, 5.41) is 12.7. The summed E-state index contributed by atoms with van der Waals surface area (Å²) in [6.45, 7) is 5.51. The van der Waals surface area contributed by atoms with E-state index in [1.54, 1.807) is 6.07 Å². The van der Waals surface area contributed by atoms with Crippen LogP contribution in [0.3, 0.4) is 0 Å². The van der Waals surface area contributed by atoms with Gasteiger partial charge in [0, 0.05) is 50.9 Å². The van der Waals surface area contributed by atoms with Crippen molar-refractivity contribution in [1.82, 2.24) is 20.7 Å². The van der Waals surface area contributed by atoms with Crippen molar-refractivity contribution in [3.8, 4) is 11.3 Å². The zero-order chi connectivity index (χ0) is 15.9. The van der Waals surface area contributed by atoms with Gasteiger partial charge in [-0.05, 0) is 0 Å². The fourth-order valence-corrected chi connectivity index (χ4v) is 2.50. The molecular weight excluding hydrogens is 294 g/mol. The van der Waals surface area contributed by atoms with Crippen molar-refractivity contribution in [2.45, 2.75) is 0 Å². The minimum atomic E-state index is -0.270. The maximum atomic E-state index is 11.9. The number of carbonyl (C=O) groups excluding carboxylic acids is 1. The summed E-state index contributed by atoms with van der Waals surface area (Å²) in [6, 6.07) is 11.1. The molecule has 2 amide bonds. The number of hydrogen-bond acceptors (Lipinski definition) is 5. The maximum absolute atomic E-state index is 11.9. The fourth-order valence-electron chi connectivity index (χ4n) is 2.50. The average Bonchev–Trinajstić information content (AvgIpc) is 3.05. The van der Waals surface area contributed by atoms with E-state index in [1.807, 2.05) is 30.3 Å². The second-order valence-corrected chi connectivity index (χ2v) is 5.41. The molecule has 1 fully saturated rings. The first kappa shape index (κ1) is 15.5. The summed E-state index contributed by atoms with van der Waals surface area (Å²) in [7, 11) is 0. The van der Waals surface area contributed by atoms with Crippen LogP contribution >= 0.6 is 0 Å². The normalized spacial score (nSPS) is 15.3. The third kappa shape index (κ3) is 4.54. The highest BCUT2D eigenvalue weighted by Crippen LogP contribution is 2.21. The van der Waals surface area contributed by atoms with E-state index in [1.165, 1.54) is 0 Å². The molecule has 1 aromatic heterocycles. The van der Waals surface area contributed by atoms with Crippen molar-refractivity contribution < 1.29 is 9.32 Å². The highest BCUT2D eigenvalue weighted by molar-refractivity contribution is 5.88. The number of aromatic nitrogens is 1. The first-order valence-electron chi connectivity index (χ1n) is 7.81. The highest BCUT2D eigenvalue weighted by Gasteiger charge is 2.11. The number of hydrogen-bond donors (Lipinski definition) is 3. The van der Waals surface area contributed by atoms with Gasteiger partial charge in [0.25, 0.3) is 0 Å². The largest absolute Gasteiger partial charge is 0.354 e. The monoisotopic (exact) mass is 315 g/mol. The van der Waals surface area contributed by atoms with Crippen LogP contribution in [0, 0.1) is 0 Å². The van der Waals surface area contributed by atoms with Crippen LogP contribution in [-0.2, 0) is 0 Å². The van der Waals surface area contributed by atoms with E-state index in [-0.39, 0.29) is 6.03 Å². The molecule has 1 aromatic carbocycles. The van der Waals surface area contributed by atoms with Gasteiger partial charge >= 0.3 is 6.03 Å². The van der Waals surface area contributed by atoms with Crippen LogP contribution in [0.1, 0.15) is 0 Å². The molecule has 1 aliphatic rings. The van der Waals surface area contributed by atoms with Crippen molar-refractivity contribution in [2.75, 3.05) is 44.6 Å². The quantitative estimate of drug-likeness (QED) is 0.776. The lowest BCUT2D eigenvalue weighted by Gasteiger charge is -2.26. The van der Waals surface area contributed by atoms with E-state index >= 15 is 0 Å². The summed E-state index contributed by atoms with van der Waals surface area (Å²) >= 11 is 0. The van der Waals surface area contributed by atoms with Crippen molar-refractivity contribution in [3.05, 3.63) is 36.4 Å². The van der Waals surface area contributed by atoms with Crippen LogP contribution < -0.4 is 16.0 Å². The molecule has 7 heteroatoms. The van der Waals surface area contributed by atoms with Gasteiger partial charge in [0.2, 0.25) is 0 Å². The van der Waals surface area contributed by atoms with Gasteiger partial charge < -0.3 is 15.2 Å². The van der Waals surface area contributed by atoms with Crippen LogP contribution in [-0.4, -0.2) is 55.4 Å². The number of rotatable bonds is 5. The van der Waals surface area contributed by atoms with Crippen LogP contribution in [0.5, 0.6) is 0 Å². The number of carbonyl (C=O) groups is 1. The highest BCUT2D eigenvalue weighted by atomic mass is 16.5. The number of benzene rings is 1. The molecule has 1 saturated heterocycles. The van der Waals surface area contributed by atoms with E-state index < -0.39 is 0 Å². The van der Waals surface area contributed by atoms with Gasteiger partial charge in [-0.1, -0.05) is 35.5 Å². The standard InChI is InChI=1S/C16H21N5O2/c22-16(18-8-11-21-9-6-17-7-10-21)19-15-12-14(23-20-15)13-4-2-1-3-5-13/h1-5,12,17H,6-11H2,(H2,18,19,20,22). The second kappa shape index (κ2) is 7.75. The first-order chi connectivity index (χ1) is 11.3. The summed E-state index contributed by atoms with van der Waals surface area (Å²) in [5.41, 5.74) is 0.923. The Labute approximate surface area is 135 Å². The molecule has 2 aromatic rings. The van der Waals surface area contributed by atoms with Crippen molar-refractivity contribution in [1.29, 1.82) is 0 Å². The van der Waals surface area contributed by atoms with Gasteiger partial charge in [0.05, 0.1) is 0 Å². The number of urea groups is 1. The van der Waals surface area contributed by atoms with Crippen molar-refractivity contribution >= 4 is 11.8 Å².